The van der Waals surface area contributed by atoms with Crippen molar-refractivity contribution in [2.75, 3.05) is 13.2 Å². The number of imide groups is 1. The van der Waals surface area contributed by atoms with Crippen LogP contribution < -0.4 is 5.32 Å². The van der Waals surface area contributed by atoms with Crippen LogP contribution in [-0.2, 0) is 35.9 Å². The van der Waals surface area contributed by atoms with Crippen LogP contribution in [-0.4, -0.2) is 36.0 Å². The van der Waals surface area contributed by atoms with Crippen molar-refractivity contribution < 1.29 is 23.9 Å². The monoisotopic (exact) mass is 372 g/mol. The molecule has 1 aromatic heterocycles. The van der Waals surface area contributed by atoms with Crippen molar-refractivity contribution in [1.82, 2.24) is 10.3 Å². The van der Waals surface area contributed by atoms with Crippen molar-refractivity contribution in [3.63, 3.8) is 0 Å². The lowest BCUT2D eigenvalue weighted by atomic mass is 9.79. The molecular formula is C20H24N2O5. The third-order valence-electron chi connectivity index (χ3n) is 5.06. The summed E-state index contributed by atoms with van der Waals surface area (Å²) >= 11 is 0. The highest BCUT2D eigenvalue weighted by Gasteiger charge is 2.46. The van der Waals surface area contributed by atoms with Crippen molar-refractivity contribution in [2.24, 2.45) is 5.92 Å². The Morgan fingerprint density at radius 2 is 2.04 bits per heavy atom. The van der Waals surface area contributed by atoms with Crippen LogP contribution in [0.2, 0.25) is 0 Å². The number of para-hydroxylation sites is 1. The number of carbonyl (C=O) groups excluding carboxylic acids is 3. The van der Waals surface area contributed by atoms with E-state index in [0.29, 0.717) is 6.61 Å². The molecule has 2 atom stereocenters. The van der Waals surface area contributed by atoms with Gasteiger partial charge in [0.25, 0.3) is 0 Å². The number of hydrogen-bond donors (Lipinski definition) is 2. The van der Waals surface area contributed by atoms with Crippen molar-refractivity contribution in [1.29, 1.82) is 0 Å². The van der Waals surface area contributed by atoms with E-state index in [4.69, 9.17) is 9.47 Å². The smallest absolute Gasteiger partial charge is 0.302 e. The molecule has 2 heterocycles. The second kappa shape index (κ2) is 7.52. The van der Waals surface area contributed by atoms with Crippen molar-refractivity contribution in [3.8, 4) is 0 Å². The van der Waals surface area contributed by atoms with E-state index in [0.717, 1.165) is 28.6 Å². The number of carbonyl (C=O) groups is 3. The van der Waals surface area contributed by atoms with E-state index in [1.165, 1.54) is 13.8 Å². The van der Waals surface area contributed by atoms with Crippen LogP contribution in [0.25, 0.3) is 10.9 Å². The predicted molar refractivity (Wildman–Crippen MR) is 98.9 cm³/mol. The van der Waals surface area contributed by atoms with Gasteiger partial charge in [0.05, 0.1) is 24.8 Å². The van der Waals surface area contributed by atoms with Gasteiger partial charge in [0, 0.05) is 24.8 Å². The third-order valence-corrected chi connectivity index (χ3v) is 5.06. The lowest BCUT2D eigenvalue weighted by molar-refractivity contribution is -0.152. The number of amides is 2. The van der Waals surface area contributed by atoms with Gasteiger partial charge in [-0.05, 0) is 31.4 Å². The van der Waals surface area contributed by atoms with Gasteiger partial charge in [0.2, 0.25) is 11.8 Å². The summed E-state index contributed by atoms with van der Waals surface area (Å²) in [5.74, 6) is -1.99. The Labute approximate surface area is 157 Å². The number of hydrogen-bond acceptors (Lipinski definition) is 5. The van der Waals surface area contributed by atoms with Crippen LogP contribution in [0.5, 0.6) is 0 Å². The van der Waals surface area contributed by atoms with E-state index in [1.807, 2.05) is 31.2 Å². The van der Waals surface area contributed by atoms with Gasteiger partial charge in [-0.3, -0.25) is 19.7 Å². The van der Waals surface area contributed by atoms with Gasteiger partial charge in [-0.2, -0.15) is 0 Å². The SMILES string of the molecule is CC(=O)NC(=O)C(CCOC(C)=O)C1(C)OCCc2c1[nH]c1ccccc21. The number of aromatic nitrogens is 1. The molecule has 3 rings (SSSR count). The zero-order valence-corrected chi connectivity index (χ0v) is 15.8. The molecule has 1 aliphatic heterocycles. The normalized spacial score (nSPS) is 20.0. The fraction of sp³-hybridized carbons (Fsp3) is 0.450. The van der Waals surface area contributed by atoms with Gasteiger partial charge in [0.15, 0.2) is 0 Å². The first-order valence-electron chi connectivity index (χ1n) is 9.01. The molecule has 0 fully saturated rings. The summed E-state index contributed by atoms with van der Waals surface area (Å²) in [7, 11) is 0. The number of rotatable bonds is 5. The highest BCUT2D eigenvalue weighted by atomic mass is 16.5. The maximum absolute atomic E-state index is 12.8. The number of ether oxygens (including phenoxy) is 2. The van der Waals surface area contributed by atoms with Crippen molar-refractivity contribution in [3.05, 3.63) is 35.5 Å². The van der Waals surface area contributed by atoms with Crippen LogP contribution in [0.1, 0.15) is 38.4 Å². The molecule has 144 valence electrons. The summed E-state index contributed by atoms with van der Waals surface area (Å²) in [5, 5.41) is 3.46. The summed E-state index contributed by atoms with van der Waals surface area (Å²) in [6.07, 6.45) is 0.976. The summed E-state index contributed by atoms with van der Waals surface area (Å²) in [6, 6.07) is 7.95. The van der Waals surface area contributed by atoms with E-state index in [9.17, 15) is 14.4 Å². The van der Waals surface area contributed by atoms with Crippen LogP contribution in [0.3, 0.4) is 0 Å². The summed E-state index contributed by atoms with van der Waals surface area (Å²) < 4.78 is 11.1. The second-order valence-electron chi connectivity index (χ2n) is 6.96. The number of esters is 1. The molecule has 0 saturated heterocycles. The molecule has 7 nitrogen and oxygen atoms in total. The van der Waals surface area contributed by atoms with Crippen LogP contribution in [0.15, 0.2) is 24.3 Å². The van der Waals surface area contributed by atoms with Crippen LogP contribution in [0, 0.1) is 5.92 Å². The van der Waals surface area contributed by atoms with Crippen molar-refractivity contribution in [2.45, 2.75) is 39.2 Å². The molecule has 2 N–H and O–H groups in total. The van der Waals surface area contributed by atoms with Crippen molar-refractivity contribution >= 4 is 28.7 Å². The molecule has 0 radical (unpaired) electrons. The minimum absolute atomic E-state index is 0.0693. The topological polar surface area (TPSA) is 97.5 Å². The van der Waals surface area contributed by atoms with Gasteiger partial charge < -0.3 is 14.5 Å². The predicted octanol–water partition coefficient (Wildman–Crippen LogP) is 2.19. The number of fused-ring (bicyclic) bond motifs is 3. The molecule has 27 heavy (non-hydrogen) atoms. The third kappa shape index (κ3) is 3.73. The molecule has 0 spiro atoms. The molecule has 0 bridgehead atoms. The quantitative estimate of drug-likeness (QED) is 0.784. The summed E-state index contributed by atoms with van der Waals surface area (Å²) in [6.45, 7) is 4.99. The Hall–Kier alpha value is -2.67. The maximum Gasteiger partial charge on any atom is 0.302 e. The fourth-order valence-corrected chi connectivity index (χ4v) is 3.83. The van der Waals surface area contributed by atoms with Gasteiger partial charge in [-0.1, -0.05) is 18.2 Å². The van der Waals surface area contributed by atoms with E-state index >= 15 is 0 Å². The Morgan fingerprint density at radius 3 is 2.74 bits per heavy atom. The number of H-pyrrole nitrogens is 1. The highest BCUT2D eigenvalue weighted by Crippen LogP contribution is 2.42. The summed E-state index contributed by atoms with van der Waals surface area (Å²) in [5.41, 5.74) is 1.96. The van der Waals surface area contributed by atoms with E-state index in [1.54, 1.807) is 0 Å². The maximum atomic E-state index is 12.8. The first kappa shape index (κ1) is 19.1. The lowest BCUT2D eigenvalue weighted by Crippen LogP contribution is -2.48. The second-order valence-corrected chi connectivity index (χ2v) is 6.96. The zero-order valence-electron chi connectivity index (χ0n) is 15.8. The van der Waals surface area contributed by atoms with Crippen LogP contribution in [0.4, 0.5) is 0 Å². The molecule has 2 amide bonds. The number of aromatic amines is 1. The molecule has 0 saturated carbocycles. The average molecular weight is 372 g/mol. The first-order chi connectivity index (χ1) is 12.8. The zero-order chi connectivity index (χ0) is 19.6. The van der Waals surface area contributed by atoms with Gasteiger partial charge in [0.1, 0.15) is 5.60 Å². The molecule has 7 heteroatoms. The lowest BCUT2D eigenvalue weighted by Gasteiger charge is -2.39. The standard InChI is InChI=1S/C20H24N2O5/c1-12(23)21-19(25)16(9-10-26-13(2)24)20(3)18-15(8-11-27-20)14-6-4-5-7-17(14)22-18/h4-7,16,22H,8-11H2,1-3H3,(H,21,23,25). The fourth-order valence-electron chi connectivity index (χ4n) is 3.83. The Balaban J connectivity index is 2.01. The minimum atomic E-state index is -0.966. The van der Waals surface area contributed by atoms with Gasteiger partial charge >= 0.3 is 5.97 Å². The van der Waals surface area contributed by atoms with Gasteiger partial charge in [-0.25, -0.2) is 0 Å². The summed E-state index contributed by atoms with van der Waals surface area (Å²) in [4.78, 5) is 38.8. The molecule has 2 unspecified atom stereocenters. The van der Waals surface area contributed by atoms with E-state index in [-0.39, 0.29) is 13.0 Å². The Morgan fingerprint density at radius 1 is 1.30 bits per heavy atom. The highest BCUT2D eigenvalue weighted by molar-refractivity contribution is 5.96. The average Bonchev–Trinajstić information content (AvgIpc) is 2.98. The Kier molecular flexibility index (Phi) is 5.32. The van der Waals surface area contributed by atoms with Crippen LogP contribution >= 0.6 is 0 Å². The van der Waals surface area contributed by atoms with E-state index < -0.39 is 29.3 Å². The minimum Gasteiger partial charge on any atom is -0.466 e. The molecule has 1 aliphatic rings. The first-order valence-corrected chi connectivity index (χ1v) is 9.01. The molecule has 1 aromatic carbocycles. The molecular weight excluding hydrogens is 348 g/mol. The number of nitrogens with one attached hydrogen (secondary N) is 2. The largest absolute Gasteiger partial charge is 0.466 e. The van der Waals surface area contributed by atoms with Gasteiger partial charge in [-0.15, -0.1) is 0 Å². The van der Waals surface area contributed by atoms with E-state index in [2.05, 4.69) is 10.3 Å². The Bertz CT molecular complexity index is 888. The molecule has 2 aromatic rings. The molecule has 0 aliphatic carbocycles. The number of benzene rings is 1.